The van der Waals surface area contributed by atoms with Crippen molar-refractivity contribution in [3.8, 4) is 0 Å². The van der Waals surface area contributed by atoms with Gasteiger partial charge in [0.2, 0.25) is 0 Å². The summed E-state index contributed by atoms with van der Waals surface area (Å²) in [5.41, 5.74) is 1.09. The molecule has 2 nitrogen and oxygen atoms in total. The maximum atomic E-state index is 4.17. The Morgan fingerprint density at radius 1 is 1.75 bits per heavy atom. The van der Waals surface area contributed by atoms with Gasteiger partial charge in [0.15, 0.2) is 7.85 Å². The molecule has 1 heterocycles. The normalized spacial score (nSPS) is 9.75. The monoisotopic (exact) mass is 108 g/mol. The van der Waals surface area contributed by atoms with E-state index in [4.69, 9.17) is 0 Å². The maximum absolute atomic E-state index is 4.17. The molecule has 0 radical (unpaired) electrons. The molecule has 0 aliphatic rings. The molecule has 42 valence electrons. The largest absolute Gasteiger partial charge is 0.339 e. The summed E-state index contributed by atoms with van der Waals surface area (Å²) >= 11 is 0. The van der Waals surface area contributed by atoms with Crippen LogP contribution < -0.4 is 5.59 Å². The van der Waals surface area contributed by atoms with Crippen LogP contribution in [0, 0.1) is 6.92 Å². The molecule has 1 rings (SSSR count). The minimum absolute atomic E-state index is 1.07. The van der Waals surface area contributed by atoms with Crippen LogP contribution in [-0.2, 0) is 7.05 Å². The van der Waals surface area contributed by atoms with Crippen LogP contribution in [0.1, 0.15) is 5.82 Å². The first-order chi connectivity index (χ1) is 3.70. The number of aryl methyl sites for hydroxylation is 2. The van der Waals surface area contributed by atoms with Crippen molar-refractivity contribution in [2.45, 2.75) is 6.92 Å². The van der Waals surface area contributed by atoms with Crippen LogP contribution in [0.15, 0.2) is 6.20 Å². The van der Waals surface area contributed by atoms with E-state index in [9.17, 15) is 0 Å². The van der Waals surface area contributed by atoms with Gasteiger partial charge in [-0.15, -0.1) is 0 Å². The fourth-order valence-corrected chi connectivity index (χ4v) is 0.737. The molecule has 8 heavy (non-hydrogen) atoms. The third-order valence-corrected chi connectivity index (χ3v) is 1.23. The van der Waals surface area contributed by atoms with Crippen LogP contribution in [0.3, 0.4) is 0 Å². The van der Waals surface area contributed by atoms with Crippen molar-refractivity contribution in [3.05, 3.63) is 12.0 Å². The van der Waals surface area contributed by atoms with Crippen LogP contribution in [0.4, 0.5) is 0 Å². The topological polar surface area (TPSA) is 17.8 Å². The summed E-state index contributed by atoms with van der Waals surface area (Å²) in [6, 6.07) is 0. The van der Waals surface area contributed by atoms with Gasteiger partial charge in [-0.05, 0) is 6.92 Å². The summed E-state index contributed by atoms with van der Waals surface area (Å²) in [5.74, 6) is 1.07. The second kappa shape index (κ2) is 1.65. The Labute approximate surface area is 50.0 Å². The standard InChI is InChI=1S/C5H9BN2/c1-4-7-5(6)3-8(4)2/h3H,6H2,1-2H3. The molecule has 0 N–H and O–H groups in total. The Kier molecular flexibility index (Phi) is 1.12. The molecule has 0 fully saturated rings. The van der Waals surface area contributed by atoms with Gasteiger partial charge in [-0.25, -0.2) is 4.98 Å². The molecule has 1 aromatic rings. The minimum Gasteiger partial charge on any atom is -0.339 e. The van der Waals surface area contributed by atoms with E-state index in [2.05, 4.69) is 4.98 Å². The third-order valence-electron chi connectivity index (χ3n) is 1.23. The molecule has 0 saturated carbocycles. The summed E-state index contributed by atoms with van der Waals surface area (Å²) in [6.45, 7) is 1.99. The van der Waals surface area contributed by atoms with Crippen molar-refractivity contribution in [3.63, 3.8) is 0 Å². The number of hydrogen-bond acceptors (Lipinski definition) is 1. The smallest absolute Gasteiger partial charge is 0.166 e. The second-order valence-electron chi connectivity index (χ2n) is 2.04. The lowest BCUT2D eigenvalue weighted by Gasteiger charge is -1.87. The second-order valence-corrected chi connectivity index (χ2v) is 2.04. The molecular weight excluding hydrogens is 98.9 g/mol. The van der Waals surface area contributed by atoms with Crippen molar-refractivity contribution in [1.29, 1.82) is 0 Å². The first-order valence-electron chi connectivity index (χ1n) is 2.66. The summed E-state index contributed by atoms with van der Waals surface area (Å²) in [4.78, 5) is 4.17. The predicted octanol–water partition coefficient (Wildman–Crippen LogP) is -1.01. The van der Waals surface area contributed by atoms with Crippen LogP contribution in [-0.4, -0.2) is 17.4 Å². The van der Waals surface area contributed by atoms with Crippen LogP contribution >= 0.6 is 0 Å². The van der Waals surface area contributed by atoms with Gasteiger partial charge in [0.05, 0.1) is 0 Å². The Morgan fingerprint density at radius 3 is 2.50 bits per heavy atom. The van der Waals surface area contributed by atoms with Crippen molar-refractivity contribution in [2.75, 3.05) is 0 Å². The molecule has 0 aliphatic carbocycles. The Hall–Kier alpha value is -0.725. The molecule has 0 saturated heterocycles. The average molecular weight is 108 g/mol. The van der Waals surface area contributed by atoms with Gasteiger partial charge in [0, 0.05) is 18.8 Å². The molecule has 1 aromatic heterocycles. The van der Waals surface area contributed by atoms with Gasteiger partial charge >= 0.3 is 0 Å². The summed E-state index contributed by atoms with van der Waals surface area (Å²) in [6.07, 6.45) is 2.01. The predicted molar refractivity (Wildman–Crippen MR) is 36.1 cm³/mol. The van der Waals surface area contributed by atoms with E-state index < -0.39 is 0 Å². The van der Waals surface area contributed by atoms with Crippen molar-refractivity contribution in [2.24, 2.45) is 7.05 Å². The van der Waals surface area contributed by atoms with Crippen molar-refractivity contribution >= 4 is 13.4 Å². The number of imidazole rings is 1. The summed E-state index contributed by atoms with van der Waals surface area (Å²) < 4.78 is 2.01. The molecule has 0 amide bonds. The number of nitrogens with zero attached hydrogens (tertiary/aromatic N) is 2. The fraction of sp³-hybridized carbons (Fsp3) is 0.400. The zero-order chi connectivity index (χ0) is 6.15. The molecule has 0 bridgehead atoms. The van der Waals surface area contributed by atoms with Crippen LogP contribution in [0.25, 0.3) is 0 Å². The van der Waals surface area contributed by atoms with Gasteiger partial charge in [0.1, 0.15) is 5.82 Å². The van der Waals surface area contributed by atoms with E-state index in [0.717, 1.165) is 11.4 Å². The zero-order valence-corrected chi connectivity index (χ0v) is 5.47. The van der Waals surface area contributed by atoms with Gasteiger partial charge < -0.3 is 4.57 Å². The molecule has 0 unspecified atom stereocenters. The van der Waals surface area contributed by atoms with Gasteiger partial charge in [0.25, 0.3) is 0 Å². The molecule has 0 atom stereocenters. The lowest BCUT2D eigenvalue weighted by Crippen LogP contribution is -2.00. The van der Waals surface area contributed by atoms with Gasteiger partial charge in [-0.2, -0.15) is 0 Å². The van der Waals surface area contributed by atoms with Crippen molar-refractivity contribution in [1.82, 2.24) is 9.55 Å². The fourth-order valence-electron chi connectivity index (χ4n) is 0.737. The first kappa shape index (κ1) is 5.41. The van der Waals surface area contributed by atoms with Gasteiger partial charge in [-0.1, -0.05) is 0 Å². The first-order valence-corrected chi connectivity index (χ1v) is 2.66. The highest BCUT2D eigenvalue weighted by atomic mass is 15.0. The maximum Gasteiger partial charge on any atom is 0.166 e. The van der Waals surface area contributed by atoms with E-state index in [1.807, 2.05) is 32.6 Å². The third kappa shape index (κ3) is 0.758. The SMILES string of the molecule is Bc1cn(C)c(C)n1. The Balaban J connectivity index is 3.14. The van der Waals surface area contributed by atoms with Crippen LogP contribution in [0.2, 0.25) is 0 Å². The quantitative estimate of drug-likeness (QED) is 0.389. The van der Waals surface area contributed by atoms with Gasteiger partial charge in [-0.3, -0.25) is 0 Å². The van der Waals surface area contributed by atoms with E-state index in [1.54, 1.807) is 0 Å². The van der Waals surface area contributed by atoms with Crippen molar-refractivity contribution < 1.29 is 0 Å². The van der Waals surface area contributed by atoms with E-state index in [0.29, 0.717) is 0 Å². The zero-order valence-electron chi connectivity index (χ0n) is 5.47. The highest BCUT2D eigenvalue weighted by Crippen LogP contribution is 1.84. The highest BCUT2D eigenvalue weighted by Gasteiger charge is 1.91. The van der Waals surface area contributed by atoms with Crippen LogP contribution in [0.5, 0.6) is 0 Å². The minimum atomic E-state index is 1.07. The average Bonchev–Trinajstić information content (AvgIpc) is 1.85. The highest BCUT2D eigenvalue weighted by molar-refractivity contribution is 6.30. The summed E-state index contributed by atoms with van der Waals surface area (Å²) in [7, 11) is 3.99. The van der Waals surface area contributed by atoms with E-state index in [1.165, 1.54) is 0 Å². The van der Waals surface area contributed by atoms with E-state index in [-0.39, 0.29) is 0 Å². The molecular formula is C5H9BN2. The molecule has 0 aliphatic heterocycles. The molecule has 0 spiro atoms. The lowest BCUT2D eigenvalue weighted by molar-refractivity contribution is 0.858. The summed E-state index contributed by atoms with van der Waals surface area (Å²) in [5, 5.41) is 0. The molecule has 3 heteroatoms. The Bertz CT molecular complexity index is 173. The number of hydrogen-bond donors (Lipinski definition) is 0. The number of rotatable bonds is 0. The van der Waals surface area contributed by atoms with E-state index >= 15 is 0 Å². The Morgan fingerprint density at radius 2 is 2.38 bits per heavy atom. The lowest BCUT2D eigenvalue weighted by atomic mass is 10.1. The molecule has 0 aromatic carbocycles. The number of aromatic nitrogens is 2.